The van der Waals surface area contributed by atoms with Crippen molar-refractivity contribution in [3.05, 3.63) is 17.7 Å². The van der Waals surface area contributed by atoms with Gasteiger partial charge in [0, 0.05) is 12.0 Å². The van der Waals surface area contributed by atoms with Crippen LogP contribution in [-0.2, 0) is 6.42 Å². The molecule has 1 aromatic heterocycles. The fourth-order valence-corrected chi connectivity index (χ4v) is 2.66. The number of aryl methyl sites for hydroxylation is 1. The molecule has 0 aliphatic heterocycles. The van der Waals surface area contributed by atoms with Gasteiger partial charge in [-0.15, -0.1) is 0 Å². The van der Waals surface area contributed by atoms with E-state index < -0.39 is 18.2 Å². The van der Waals surface area contributed by atoms with E-state index in [-0.39, 0.29) is 18.4 Å². The highest BCUT2D eigenvalue weighted by molar-refractivity contribution is 5.62. The summed E-state index contributed by atoms with van der Waals surface area (Å²) < 4.78 is 38.3. The molecule has 0 saturated carbocycles. The second-order valence-corrected chi connectivity index (χ2v) is 7.91. The lowest BCUT2D eigenvalue weighted by atomic mass is 9.97. The van der Waals surface area contributed by atoms with Crippen molar-refractivity contribution in [2.45, 2.75) is 77.6 Å². The Kier molecular flexibility index (Phi) is 6.26. The van der Waals surface area contributed by atoms with E-state index in [0.29, 0.717) is 24.0 Å². The normalized spacial score (nSPS) is 19.8. The van der Waals surface area contributed by atoms with Gasteiger partial charge < -0.3 is 10.4 Å². The molecule has 2 N–H and O–H groups in total. The topological polar surface area (TPSA) is 70.9 Å². The molecule has 1 unspecified atom stereocenters. The van der Waals surface area contributed by atoms with Gasteiger partial charge in [0.2, 0.25) is 5.95 Å². The minimum Gasteiger partial charge on any atom is -0.389 e. The molecule has 2 atom stereocenters. The predicted molar refractivity (Wildman–Crippen MR) is 94.6 cm³/mol. The van der Waals surface area contributed by atoms with Crippen molar-refractivity contribution in [3.8, 4) is 0 Å². The summed E-state index contributed by atoms with van der Waals surface area (Å²) in [5.74, 6) is -0.311. The van der Waals surface area contributed by atoms with Crippen LogP contribution in [0.15, 0.2) is 6.08 Å². The Morgan fingerprint density at radius 2 is 1.92 bits per heavy atom. The van der Waals surface area contributed by atoms with Crippen LogP contribution in [0.3, 0.4) is 0 Å². The van der Waals surface area contributed by atoms with Gasteiger partial charge in [-0.1, -0.05) is 6.92 Å². The zero-order valence-corrected chi connectivity index (χ0v) is 15.7. The Morgan fingerprint density at radius 3 is 2.50 bits per heavy atom. The van der Waals surface area contributed by atoms with Gasteiger partial charge >= 0.3 is 6.18 Å². The van der Waals surface area contributed by atoms with Crippen LogP contribution in [0.2, 0.25) is 0 Å². The lowest BCUT2D eigenvalue weighted by Crippen LogP contribution is -2.28. The first kappa shape index (κ1) is 20.6. The highest BCUT2D eigenvalue weighted by Gasteiger charge is 2.35. The summed E-state index contributed by atoms with van der Waals surface area (Å²) in [6.45, 7) is 7.01. The van der Waals surface area contributed by atoms with Gasteiger partial charge in [-0.3, -0.25) is 0 Å². The average molecular weight is 372 g/mol. The summed E-state index contributed by atoms with van der Waals surface area (Å²) in [4.78, 5) is 13.1. The molecule has 1 aliphatic carbocycles. The first-order chi connectivity index (χ1) is 11.9. The minimum atomic E-state index is -4.22. The SMILES string of the molecule is C[C@@H](CCc1nc(NC(C)(C)C)nc(C2=CC(O)CCC2)n1)C(F)(F)F. The Hall–Kier alpha value is -1.70. The Bertz CT molecular complexity index is 653. The van der Waals surface area contributed by atoms with E-state index >= 15 is 0 Å². The van der Waals surface area contributed by atoms with Crippen molar-refractivity contribution in [2.75, 3.05) is 5.32 Å². The second-order valence-electron chi connectivity index (χ2n) is 7.91. The Morgan fingerprint density at radius 1 is 1.23 bits per heavy atom. The van der Waals surface area contributed by atoms with Gasteiger partial charge in [-0.25, -0.2) is 4.98 Å². The maximum atomic E-state index is 12.8. The molecule has 1 aromatic rings. The molecule has 2 rings (SSSR count). The standard InChI is InChI=1S/C18H27F3N4O/c1-11(18(19,20)21)8-9-14-22-15(12-6-5-7-13(26)10-12)24-16(23-14)25-17(2,3)4/h10-11,13,26H,5-9H2,1-4H3,(H,22,23,24,25)/t11-,13?/m0/s1. The summed E-state index contributed by atoms with van der Waals surface area (Å²) >= 11 is 0. The largest absolute Gasteiger partial charge is 0.391 e. The molecular weight excluding hydrogens is 345 g/mol. The third kappa shape index (κ3) is 6.23. The van der Waals surface area contributed by atoms with E-state index in [1.54, 1.807) is 6.08 Å². The van der Waals surface area contributed by atoms with E-state index in [1.807, 2.05) is 20.8 Å². The van der Waals surface area contributed by atoms with Crippen molar-refractivity contribution in [1.82, 2.24) is 15.0 Å². The van der Waals surface area contributed by atoms with E-state index in [0.717, 1.165) is 25.3 Å². The molecule has 0 aromatic carbocycles. The summed E-state index contributed by atoms with van der Waals surface area (Å²) in [6, 6.07) is 0. The quantitative estimate of drug-likeness (QED) is 0.813. The van der Waals surface area contributed by atoms with Crippen LogP contribution in [-0.4, -0.2) is 37.9 Å². The number of anilines is 1. The monoisotopic (exact) mass is 372 g/mol. The highest BCUT2D eigenvalue weighted by atomic mass is 19.4. The number of nitrogens with zero attached hydrogens (tertiary/aromatic N) is 3. The number of hydrogen-bond acceptors (Lipinski definition) is 5. The molecule has 5 nitrogen and oxygen atoms in total. The van der Waals surface area contributed by atoms with E-state index in [9.17, 15) is 18.3 Å². The minimum absolute atomic E-state index is 0.0798. The zero-order valence-electron chi connectivity index (χ0n) is 15.7. The first-order valence-electron chi connectivity index (χ1n) is 8.93. The molecule has 0 saturated heterocycles. The molecule has 1 aliphatic rings. The van der Waals surface area contributed by atoms with Crippen molar-refractivity contribution in [3.63, 3.8) is 0 Å². The maximum absolute atomic E-state index is 12.8. The van der Waals surface area contributed by atoms with Crippen LogP contribution in [0, 0.1) is 5.92 Å². The lowest BCUT2D eigenvalue weighted by molar-refractivity contribution is -0.171. The van der Waals surface area contributed by atoms with Gasteiger partial charge in [0.05, 0.1) is 12.0 Å². The third-order valence-corrected chi connectivity index (χ3v) is 4.16. The second kappa shape index (κ2) is 7.90. The number of aliphatic hydroxyl groups is 1. The number of aliphatic hydroxyl groups excluding tert-OH is 1. The molecule has 8 heteroatoms. The number of halogens is 3. The molecule has 26 heavy (non-hydrogen) atoms. The van der Waals surface area contributed by atoms with E-state index in [2.05, 4.69) is 20.3 Å². The Labute approximate surface area is 152 Å². The third-order valence-electron chi connectivity index (χ3n) is 4.16. The molecule has 1 heterocycles. The predicted octanol–water partition coefficient (Wildman–Crippen LogP) is 4.14. The van der Waals surface area contributed by atoms with Crippen LogP contribution in [0.5, 0.6) is 0 Å². The summed E-state index contributed by atoms with van der Waals surface area (Å²) in [5.41, 5.74) is 0.517. The number of allylic oxidation sites excluding steroid dienone is 1. The first-order valence-corrected chi connectivity index (χ1v) is 8.93. The van der Waals surface area contributed by atoms with Crippen LogP contribution < -0.4 is 5.32 Å². The van der Waals surface area contributed by atoms with Gasteiger partial charge in [0.15, 0.2) is 5.82 Å². The number of nitrogens with one attached hydrogen (secondary N) is 1. The van der Waals surface area contributed by atoms with Crippen LogP contribution in [0.1, 0.15) is 65.0 Å². The van der Waals surface area contributed by atoms with Crippen LogP contribution in [0.4, 0.5) is 19.1 Å². The van der Waals surface area contributed by atoms with Gasteiger partial charge in [0.1, 0.15) is 5.82 Å². The van der Waals surface area contributed by atoms with Crippen molar-refractivity contribution >= 4 is 11.5 Å². The van der Waals surface area contributed by atoms with Crippen molar-refractivity contribution < 1.29 is 18.3 Å². The van der Waals surface area contributed by atoms with Crippen LogP contribution >= 0.6 is 0 Å². The van der Waals surface area contributed by atoms with E-state index in [4.69, 9.17) is 0 Å². The number of aromatic nitrogens is 3. The van der Waals surface area contributed by atoms with Gasteiger partial charge in [0.25, 0.3) is 0 Å². The van der Waals surface area contributed by atoms with Crippen molar-refractivity contribution in [1.29, 1.82) is 0 Å². The summed E-state index contributed by atoms with van der Waals surface area (Å²) in [6.07, 6.45) is -0.759. The van der Waals surface area contributed by atoms with Gasteiger partial charge in [-0.2, -0.15) is 23.1 Å². The smallest absolute Gasteiger partial charge is 0.389 e. The molecule has 146 valence electrons. The average Bonchev–Trinajstić information content (AvgIpc) is 2.49. The molecule has 0 bridgehead atoms. The molecule has 0 amide bonds. The summed E-state index contributed by atoms with van der Waals surface area (Å²) in [7, 11) is 0. The van der Waals surface area contributed by atoms with Crippen LogP contribution in [0.25, 0.3) is 5.57 Å². The fourth-order valence-electron chi connectivity index (χ4n) is 2.66. The number of alkyl halides is 3. The van der Waals surface area contributed by atoms with Gasteiger partial charge in [-0.05, 0) is 58.1 Å². The summed E-state index contributed by atoms with van der Waals surface area (Å²) in [5, 5.41) is 13.0. The van der Waals surface area contributed by atoms with Crippen molar-refractivity contribution in [2.24, 2.45) is 5.92 Å². The molecular formula is C18H27F3N4O. The zero-order chi connectivity index (χ0) is 19.5. The lowest BCUT2D eigenvalue weighted by Gasteiger charge is -2.22. The van der Waals surface area contributed by atoms with E-state index in [1.165, 1.54) is 0 Å². The number of rotatable bonds is 5. The molecule has 0 spiro atoms. The molecule has 0 radical (unpaired) electrons. The maximum Gasteiger partial charge on any atom is 0.391 e. The molecule has 0 fully saturated rings. The number of hydrogen-bond donors (Lipinski definition) is 2. The fraction of sp³-hybridized carbons (Fsp3) is 0.722. The Balaban J connectivity index is 2.28. The highest BCUT2D eigenvalue weighted by Crippen LogP contribution is 2.30.